The van der Waals surface area contributed by atoms with Crippen LogP contribution in [0.2, 0.25) is 0 Å². The molecule has 106 valence electrons. The summed E-state index contributed by atoms with van der Waals surface area (Å²) in [6.45, 7) is 4.91. The molecule has 20 heavy (non-hydrogen) atoms. The van der Waals surface area contributed by atoms with Gasteiger partial charge in [-0.1, -0.05) is 12.1 Å². The van der Waals surface area contributed by atoms with Gasteiger partial charge in [-0.2, -0.15) is 4.98 Å². The lowest BCUT2D eigenvalue weighted by atomic mass is 10.0. The smallest absolute Gasteiger partial charge is 0.241 e. The van der Waals surface area contributed by atoms with Gasteiger partial charge in [-0.15, -0.1) is 5.10 Å². The van der Waals surface area contributed by atoms with Crippen molar-refractivity contribution < 1.29 is 4.74 Å². The summed E-state index contributed by atoms with van der Waals surface area (Å²) in [5.41, 5.74) is 6.86. The van der Waals surface area contributed by atoms with Crippen LogP contribution < -0.4 is 15.8 Å². The molecule has 0 fully saturated rings. The lowest BCUT2D eigenvalue weighted by molar-refractivity contribution is 0.242. The number of ether oxygens (including phenoxy) is 1. The van der Waals surface area contributed by atoms with Crippen LogP contribution in [0.25, 0.3) is 0 Å². The Labute approximate surface area is 118 Å². The molecule has 0 amide bonds. The van der Waals surface area contributed by atoms with Crippen molar-refractivity contribution in [2.45, 2.75) is 32.4 Å². The maximum absolute atomic E-state index is 5.67. The summed E-state index contributed by atoms with van der Waals surface area (Å²) in [6, 6.07) is 8.32. The third kappa shape index (κ3) is 2.41. The predicted molar refractivity (Wildman–Crippen MR) is 77.9 cm³/mol. The fraction of sp³-hybridized carbons (Fsp3) is 0.429. The van der Waals surface area contributed by atoms with E-state index in [1.807, 2.05) is 30.7 Å². The molecular weight excluding hydrogens is 254 g/mol. The van der Waals surface area contributed by atoms with Gasteiger partial charge in [-0.25, -0.2) is 4.68 Å². The average molecular weight is 273 g/mol. The van der Waals surface area contributed by atoms with Crippen molar-refractivity contribution in [3.05, 3.63) is 29.8 Å². The molecule has 6 heteroatoms. The number of nitrogens with two attached hydrogens (primary N) is 1. The van der Waals surface area contributed by atoms with E-state index in [1.165, 1.54) is 5.56 Å². The number of nitrogens with one attached hydrogen (secondary N) is 1. The monoisotopic (exact) mass is 273 g/mol. The first-order chi connectivity index (χ1) is 9.63. The van der Waals surface area contributed by atoms with Crippen molar-refractivity contribution in [3.63, 3.8) is 0 Å². The molecule has 2 aromatic rings. The molecule has 0 aliphatic carbocycles. The van der Waals surface area contributed by atoms with Crippen molar-refractivity contribution in [1.82, 2.24) is 14.8 Å². The summed E-state index contributed by atoms with van der Waals surface area (Å²) in [7, 11) is 0. The Bertz CT molecular complexity index is 590. The first-order valence-electron chi connectivity index (χ1n) is 6.86. The Morgan fingerprint density at radius 3 is 2.80 bits per heavy atom. The Morgan fingerprint density at radius 1 is 1.35 bits per heavy atom. The van der Waals surface area contributed by atoms with Gasteiger partial charge in [0.05, 0.1) is 12.1 Å². The topological polar surface area (TPSA) is 78.0 Å². The van der Waals surface area contributed by atoms with Gasteiger partial charge in [-0.3, -0.25) is 0 Å². The number of anilines is 2. The van der Waals surface area contributed by atoms with Gasteiger partial charge in [0.15, 0.2) is 0 Å². The minimum Gasteiger partial charge on any atom is -0.491 e. The number of fused-ring (bicyclic) bond motifs is 1. The maximum atomic E-state index is 5.67. The van der Waals surface area contributed by atoms with Gasteiger partial charge >= 0.3 is 0 Å². The molecule has 2 heterocycles. The van der Waals surface area contributed by atoms with Crippen molar-refractivity contribution in [2.75, 3.05) is 17.6 Å². The molecule has 0 bridgehead atoms. The van der Waals surface area contributed by atoms with Crippen LogP contribution in [0.4, 0.5) is 11.9 Å². The van der Waals surface area contributed by atoms with Crippen LogP contribution in [0.5, 0.6) is 5.75 Å². The second-order valence-corrected chi connectivity index (χ2v) is 5.21. The van der Waals surface area contributed by atoms with E-state index < -0.39 is 0 Å². The molecular formula is C14H19N5O. The van der Waals surface area contributed by atoms with Gasteiger partial charge in [0.25, 0.3) is 0 Å². The summed E-state index contributed by atoms with van der Waals surface area (Å²) < 4.78 is 7.52. The number of rotatable bonds is 3. The summed E-state index contributed by atoms with van der Waals surface area (Å²) >= 11 is 0. The van der Waals surface area contributed by atoms with Crippen LogP contribution in [0.15, 0.2) is 24.3 Å². The van der Waals surface area contributed by atoms with E-state index in [9.17, 15) is 0 Å². The highest BCUT2D eigenvalue weighted by Gasteiger charge is 2.23. The van der Waals surface area contributed by atoms with E-state index in [2.05, 4.69) is 27.5 Å². The highest BCUT2D eigenvalue weighted by molar-refractivity contribution is 5.38. The largest absolute Gasteiger partial charge is 0.491 e. The molecule has 1 aromatic carbocycles. The fourth-order valence-electron chi connectivity index (χ4n) is 2.47. The quantitative estimate of drug-likeness (QED) is 0.895. The van der Waals surface area contributed by atoms with E-state index in [0.29, 0.717) is 5.95 Å². The van der Waals surface area contributed by atoms with E-state index in [4.69, 9.17) is 10.5 Å². The van der Waals surface area contributed by atoms with Crippen LogP contribution in [0.3, 0.4) is 0 Å². The van der Waals surface area contributed by atoms with Crippen LogP contribution in [0, 0.1) is 0 Å². The Kier molecular flexibility index (Phi) is 3.22. The normalized spacial score (nSPS) is 17.6. The summed E-state index contributed by atoms with van der Waals surface area (Å²) in [4.78, 5) is 4.18. The first-order valence-corrected chi connectivity index (χ1v) is 6.86. The number of hydrogen-bond donors (Lipinski definition) is 2. The number of nitrogen functional groups attached to an aromatic ring is 1. The molecule has 1 atom stereocenters. The van der Waals surface area contributed by atoms with Crippen LogP contribution in [-0.2, 0) is 0 Å². The molecule has 1 aliphatic rings. The summed E-state index contributed by atoms with van der Waals surface area (Å²) in [5, 5.41) is 7.47. The second-order valence-electron chi connectivity index (χ2n) is 5.21. The Hall–Kier alpha value is -2.24. The van der Waals surface area contributed by atoms with Gasteiger partial charge in [-0.05, 0) is 38.0 Å². The number of aromatic nitrogens is 3. The zero-order valence-electron chi connectivity index (χ0n) is 11.7. The molecule has 6 nitrogen and oxygen atoms in total. The molecule has 0 saturated heterocycles. The second kappa shape index (κ2) is 5.03. The SMILES string of the molecule is CC(C)Oc1ccc(C2CCNc3nc(N)nn32)cc1. The van der Waals surface area contributed by atoms with Crippen molar-refractivity contribution in [1.29, 1.82) is 0 Å². The third-order valence-corrected chi connectivity index (χ3v) is 3.28. The number of hydrogen-bond acceptors (Lipinski definition) is 5. The predicted octanol–water partition coefficient (Wildman–Crippen LogP) is 2.05. The Morgan fingerprint density at radius 2 is 2.10 bits per heavy atom. The molecule has 3 N–H and O–H groups in total. The summed E-state index contributed by atoms with van der Waals surface area (Å²) in [5.74, 6) is 1.93. The zero-order chi connectivity index (χ0) is 14.1. The van der Waals surface area contributed by atoms with Gasteiger partial charge in [0, 0.05) is 6.54 Å². The average Bonchev–Trinajstić information content (AvgIpc) is 2.79. The minimum atomic E-state index is 0.171. The van der Waals surface area contributed by atoms with E-state index in [0.717, 1.165) is 24.7 Å². The maximum Gasteiger partial charge on any atom is 0.241 e. The van der Waals surface area contributed by atoms with E-state index >= 15 is 0 Å². The zero-order valence-corrected chi connectivity index (χ0v) is 11.7. The molecule has 1 aromatic heterocycles. The third-order valence-electron chi connectivity index (χ3n) is 3.28. The van der Waals surface area contributed by atoms with Crippen molar-refractivity contribution >= 4 is 11.9 Å². The van der Waals surface area contributed by atoms with Gasteiger partial charge < -0.3 is 15.8 Å². The van der Waals surface area contributed by atoms with E-state index in [-0.39, 0.29) is 12.1 Å². The lowest BCUT2D eigenvalue weighted by Gasteiger charge is -2.24. The number of benzene rings is 1. The van der Waals surface area contributed by atoms with Crippen molar-refractivity contribution in [3.8, 4) is 5.75 Å². The van der Waals surface area contributed by atoms with Crippen molar-refractivity contribution in [2.24, 2.45) is 0 Å². The molecule has 0 spiro atoms. The highest BCUT2D eigenvalue weighted by atomic mass is 16.5. The van der Waals surface area contributed by atoms with Crippen LogP contribution in [0.1, 0.15) is 31.9 Å². The lowest BCUT2D eigenvalue weighted by Crippen LogP contribution is -2.24. The molecule has 0 radical (unpaired) electrons. The van der Waals surface area contributed by atoms with Crippen LogP contribution in [-0.4, -0.2) is 27.4 Å². The molecule has 1 aliphatic heterocycles. The van der Waals surface area contributed by atoms with Gasteiger partial charge in [0.2, 0.25) is 11.9 Å². The molecule has 3 rings (SSSR count). The first kappa shape index (κ1) is 12.8. The van der Waals surface area contributed by atoms with Crippen LogP contribution >= 0.6 is 0 Å². The van der Waals surface area contributed by atoms with Gasteiger partial charge in [0.1, 0.15) is 5.75 Å². The summed E-state index contributed by atoms with van der Waals surface area (Å²) in [6.07, 6.45) is 1.14. The molecule has 0 saturated carbocycles. The molecule has 1 unspecified atom stereocenters. The van der Waals surface area contributed by atoms with E-state index in [1.54, 1.807) is 0 Å². The fourth-order valence-corrected chi connectivity index (χ4v) is 2.47. The minimum absolute atomic E-state index is 0.171. The Balaban J connectivity index is 1.86. The highest BCUT2D eigenvalue weighted by Crippen LogP contribution is 2.29. The number of nitrogens with zero attached hydrogens (tertiary/aromatic N) is 3. The standard InChI is InChI=1S/C14H19N5O/c1-9(2)20-11-5-3-10(4-6-11)12-7-8-16-14-17-13(15)18-19(12)14/h3-6,9,12H,7-8H2,1-2H3,(H3,15,16,17,18).